The molecule has 0 N–H and O–H groups in total. The van der Waals surface area contributed by atoms with Crippen LogP contribution in [0.4, 0.5) is 0 Å². The standard InChI is InChI=1S/C21H22Cl2N2O3S/c1-2-28-15-6-8-16(9-7-15)29-14-19(26)24-10-12-25(13-11-24)21(27)17-4-3-5-18(22)20(17)23/h3-9H,2,10-14H2,1H3. The molecule has 8 heteroatoms. The van der Waals surface area contributed by atoms with E-state index in [0.717, 1.165) is 10.6 Å². The van der Waals surface area contributed by atoms with Gasteiger partial charge < -0.3 is 14.5 Å². The molecule has 0 bridgehead atoms. The van der Waals surface area contributed by atoms with Crippen molar-refractivity contribution in [2.45, 2.75) is 11.8 Å². The number of carbonyl (C=O) groups is 2. The van der Waals surface area contributed by atoms with E-state index in [1.807, 2.05) is 31.2 Å². The first-order chi connectivity index (χ1) is 14.0. The maximum Gasteiger partial charge on any atom is 0.255 e. The smallest absolute Gasteiger partial charge is 0.255 e. The Morgan fingerprint density at radius 1 is 1.00 bits per heavy atom. The van der Waals surface area contributed by atoms with Crippen molar-refractivity contribution in [1.29, 1.82) is 0 Å². The van der Waals surface area contributed by atoms with Gasteiger partial charge in [-0.1, -0.05) is 29.3 Å². The minimum absolute atomic E-state index is 0.0665. The maximum atomic E-state index is 12.7. The summed E-state index contributed by atoms with van der Waals surface area (Å²) in [6.07, 6.45) is 0. The van der Waals surface area contributed by atoms with Crippen LogP contribution >= 0.6 is 35.0 Å². The lowest BCUT2D eigenvalue weighted by Crippen LogP contribution is -2.51. The van der Waals surface area contributed by atoms with Gasteiger partial charge in [-0.15, -0.1) is 11.8 Å². The molecule has 5 nitrogen and oxygen atoms in total. The molecule has 0 radical (unpaired) electrons. The Morgan fingerprint density at radius 3 is 2.31 bits per heavy atom. The fourth-order valence-corrected chi connectivity index (χ4v) is 4.22. The van der Waals surface area contributed by atoms with E-state index in [0.29, 0.717) is 49.1 Å². The molecule has 0 unspecified atom stereocenters. The Labute approximate surface area is 184 Å². The number of carbonyl (C=O) groups excluding carboxylic acids is 2. The van der Waals surface area contributed by atoms with Crippen LogP contribution < -0.4 is 4.74 Å². The summed E-state index contributed by atoms with van der Waals surface area (Å²) in [6.45, 7) is 4.53. The third kappa shape index (κ3) is 5.59. The van der Waals surface area contributed by atoms with Crippen LogP contribution in [-0.4, -0.2) is 60.2 Å². The van der Waals surface area contributed by atoms with Crippen LogP contribution in [-0.2, 0) is 4.79 Å². The average Bonchev–Trinajstić information content (AvgIpc) is 2.75. The monoisotopic (exact) mass is 452 g/mol. The molecule has 0 atom stereocenters. The molecule has 1 fully saturated rings. The first-order valence-corrected chi connectivity index (χ1v) is 11.1. The number of rotatable bonds is 6. The number of hydrogen-bond donors (Lipinski definition) is 0. The Bertz CT molecular complexity index is 869. The largest absolute Gasteiger partial charge is 0.494 e. The first kappa shape index (κ1) is 21.8. The molecule has 2 aromatic carbocycles. The van der Waals surface area contributed by atoms with Crippen molar-refractivity contribution in [3.05, 3.63) is 58.1 Å². The van der Waals surface area contributed by atoms with Crippen molar-refractivity contribution in [2.24, 2.45) is 0 Å². The lowest BCUT2D eigenvalue weighted by Gasteiger charge is -2.35. The van der Waals surface area contributed by atoms with Crippen LogP contribution in [0.25, 0.3) is 0 Å². The highest BCUT2D eigenvalue weighted by Crippen LogP contribution is 2.27. The summed E-state index contributed by atoms with van der Waals surface area (Å²) in [5, 5.41) is 0.627. The van der Waals surface area contributed by atoms with Gasteiger partial charge in [-0.25, -0.2) is 0 Å². The van der Waals surface area contributed by atoms with E-state index >= 15 is 0 Å². The zero-order valence-electron chi connectivity index (χ0n) is 16.1. The molecule has 1 heterocycles. The predicted octanol–water partition coefficient (Wildman–Crippen LogP) is 4.47. The van der Waals surface area contributed by atoms with Crippen molar-refractivity contribution in [1.82, 2.24) is 9.80 Å². The molecule has 3 rings (SSSR count). The summed E-state index contributed by atoms with van der Waals surface area (Å²) in [7, 11) is 0. The van der Waals surface area contributed by atoms with Gasteiger partial charge in [0, 0.05) is 31.1 Å². The maximum absolute atomic E-state index is 12.7. The van der Waals surface area contributed by atoms with Crippen LogP contribution in [0.15, 0.2) is 47.4 Å². The van der Waals surface area contributed by atoms with E-state index in [9.17, 15) is 9.59 Å². The zero-order chi connectivity index (χ0) is 20.8. The van der Waals surface area contributed by atoms with E-state index in [1.54, 1.807) is 28.0 Å². The average molecular weight is 453 g/mol. The molecule has 0 aromatic heterocycles. The van der Waals surface area contributed by atoms with Crippen molar-refractivity contribution in [3.8, 4) is 5.75 Å². The van der Waals surface area contributed by atoms with Gasteiger partial charge in [0.15, 0.2) is 0 Å². The minimum atomic E-state index is -0.159. The molecule has 0 spiro atoms. The number of hydrogen-bond acceptors (Lipinski definition) is 4. The number of nitrogens with zero attached hydrogens (tertiary/aromatic N) is 2. The SMILES string of the molecule is CCOc1ccc(SCC(=O)N2CCN(C(=O)c3cccc(Cl)c3Cl)CC2)cc1. The number of ether oxygens (including phenoxy) is 1. The summed E-state index contributed by atoms with van der Waals surface area (Å²) >= 11 is 13.7. The third-order valence-corrected chi connectivity index (χ3v) is 6.41. The molecule has 0 saturated carbocycles. The molecule has 2 aromatic rings. The van der Waals surface area contributed by atoms with Gasteiger partial charge in [0.05, 0.1) is 28.0 Å². The van der Waals surface area contributed by atoms with Gasteiger partial charge in [0.1, 0.15) is 5.75 Å². The van der Waals surface area contributed by atoms with E-state index in [4.69, 9.17) is 27.9 Å². The molecule has 1 aliphatic heterocycles. The quantitative estimate of drug-likeness (QED) is 0.606. The van der Waals surface area contributed by atoms with Crippen LogP contribution in [0, 0.1) is 0 Å². The highest BCUT2D eigenvalue weighted by atomic mass is 35.5. The van der Waals surface area contributed by atoms with Crippen molar-refractivity contribution in [2.75, 3.05) is 38.5 Å². The molecular formula is C21H22Cl2N2O3S. The molecular weight excluding hydrogens is 431 g/mol. The van der Waals surface area contributed by atoms with Gasteiger partial charge in [0.2, 0.25) is 5.91 Å². The normalized spacial score (nSPS) is 14.0. The minimum Gasteiger partial charge on any atom is -0.494 e. The van der Waals surface area contributed by atoms with Crippen LogP contribution in [0.5, 0.6) is 5.75 Å². The van der Waals surface area contributed by atoms with Gasteiger partial charge in [0.25, 0.3) is 5.91 Å². The van der Waals surface area contributed by atoms with Gasteiger partial charge >= 0.3 is 0 Å². The molecule has 1 aliphatic rings. The van der Waals surface area contributed by atoms with Gasteiger partial charge in [-0.05, 0) is 43.3 Å². The summed E-state index contributed by atoms with van der Waals surface area (Å²) in [5.74, 6) is 1.09. The number of amides is 2. The Morgan fingerprint density at radius 2 is 1.66 bits per heavy atom. The lowest BCUT2D eigenvalue weighted by atomic mass is 10.1. The highest BCUT2D eigenvalue weighted by Gasteiger charge is 2.26. The fourth-order valence-electron chi connectivity index (χ4n) is 3.03. The summed E-state index contributed by atoms with van der Waals surface area (Å²) < 4.78 is 5.42. The summed E-state index contributed by atoms with van der Waals surface area (Å²) in [5.41, 5.74) is 0.394. The van der Waals surface area contributed by atoms with Crippen LogP contribution in [0.1, 0.15) is 17.3 Å². The summed E-state index contributed by atoms with van der Waals surface area (Å²) in [6, 6.07) is 12.7. The zero-order valence-corrected chi connectivity index (χ0v) is 18.4. The Kier molecular flexibility index (Phi) is 7.70. The van der Waals surface area contributed by atoms with Gasteiger partial charge in [-0.2, -0.15) is 0 Å². The third-order valence-electron chi connectivity index (χ3n) is 4.60. The van der Waals surface area contributed by atoms with Crippen molar-refractivity contribution >= 4 is 46.8 Å². The van der Waals surface area contributed by atoms with Gasteiger partial charge in [-0.3, -0.25) is 9.59 Å². The second-order valence-electron chi connectivity index (χ2n) is 6.47. The molecule has 1 saturated heterocycles. The second kappa shape index (κ2) is 10.2. The van der Waals surface area contributed by atoms with Crippen molar-refractivity contribution in [3.63, 3.8) is 0 Å². The van der Waals surface area contributed by atoms with E-state index < -0.39 is 0 Å². The number of piperazine rings is 1. The first-order valence-electron chi connectivity index (χ1n) is 9.36. The predicted molar refractivity (Wildman–Crippen MR) is 117 cm³/mol. The van der Waals surface area contributed by atoms with E-state index in [1.165, 1.54) is 11.8 Å². The molecule has 29 heavy (non-hydrogen) atoms. The molecule has 2 amide bonds. The lowest BCUT2D eigenvalue weighted by molar-refractivity contribution is -0.129. The number of thioether (sulfide) groups is 1. The highest BCUT2D eigenvalue weighted by molar-refractivity contribution is 8.00. The van der Waals surface area contributed by atoms with Crippen molar-refractivity contribution < 1.29 is 14.3 Å². The van der Waals surface area contributed by atoms with Crippen LogP contribution in [0.2, 0.25) is 10.0 Å². The number of benzene rings is 2. The van der Waals surface area contributed by atoms with E-state index in [2.05, 4.69) is 0 Å². The van der Waals surface area contributed by atoms with E-state index in [-0.39, 0.29) is 16.8 Å². The second-order valence-corrected chi connectivity index (χ2v) is 8.30. The summed E-state index contributed by atoms with van der Waals surface area (Å²) in [4.78, 5) is 29.7. The fraction of sp³-hybridized carbons (Fsp3) is 0.333. The molecule has 0 aliphatic carbocycles. The Hall–Kier alpha value is -1.89. The number of halogens is 2. The Balaban J connectivity index is 1.49. The molecule has 154 valence electrons. The van der Waals surface area contributed by atoms with Crippen LogP contribution in [0.3, 0.4) is 0 Å². The topological polar surface area (TPSA) is 49.9 Å².